The number of hydrogen-bond acceptors (Lipinski definition) is 4. The fourth-order valence-corrected chi connectivity index (χ4v) is 2.80. The molecule has 8 heteroatoms. The van der Waals surface area contributed by atoms with Crippen molar-refractivity contribution in [2.24, 2.45) is 12.0 Å². The molecule has 2 aromatic heterocycles. The quantitative estimate of drug-likeness (QED) is 0.253. The maximum atomic E-state index is 5.43. The van der Waals surface area contributed by atoms with Crippen LogP contribution in [0.4, 0.5) is 0 Å². The monoisotopic (exact) mass is 474 g/mol. The summed E-state index contributed by atoms with van der Waals surface area (Å²) in [7, 11) is 3.71. The summed E-state index contributed by atoms with van der Waals surface area (Å²) in [5.74, 6) is 2.08. The number of guanidine groups is 1. The van der Waals surface area contributed by atoms with Crippen LogP contribution in [0, 0.1) is 0 Å². The van der Waals surface area contributed by atoms with Crippen molar-refractivity contribution in [1.29, 1.82) is 0 Å². The molecule has 0 aliphatic rings. The number of hydrogen-bond donors (Lipinski definition) is 2. The van der Waals surface area contributed by atoms with Gasteiger partial charge in [0.2, 0.25) is 0 Å². The Bertz CT molecular complexity index is 662. The van der Waals surface area contributed by atoms with Gasteiger partial charge >= 0.3 is 0 Å². The van der Waals surface area contributed by atoms with Crippen LogP contribution < -0.4 is 10.6 Å². The summed E-state index contributed by atoms with van der Waals surface area (Å²) in [4.78, 5) is 4.24. The summed E-state index contributed by atoms with van der Waals surface area (Å²) in [5, 5.41) is 15.0. The van der Waals surface area contributed by atoms with Crippen molar-refractivity contribution < 1.29 is 4.52 Å². The molecular weight excluding hydrogens is 443 g/mol. The van der Waals surface area contributed by atoms with Crippen molar-refractivity contribution >= 4 is 29.9 Å². The van der Waals surface area contributed by atoms with Gasteiger partial charge in [0.25, 0.3) is 0 Å². The fourth-order valence-electron chi connectivity index (χ4n) is 2.80. The predicted molar refractivity (Wildman–Crippen MR) is 115 cm³/mol. The molecule has 0 saturated carbocycles. The average Bonchev–Trinajstić information content (AvgIpc) is 3.25. The second-order valence-electron chi connectivity index (χ2n) is 6.21. The summed E-state index contributed by atoms with van der Waals surface area (Å²) in [6.07, 6.45) is 8.14. The molecule has 2 heterocycles. The minimum absolute atomic E-state index is 0. The first-order valence-corrected chi connectivity index (χ1v) is 9.03. The molecule has 0 atom stereocenters. The zero-order valence-electron chi connectivity index (χ0n) is 16.2. The Morgan fingerprint density at radius 3 is 2.69 bits per heavy atom. The lowest BCUT2D eigenvalue weighted by Gasteiger charge is -2.10. The molecule has 0 aliphatic heterocycles. The van der Waals surface area contributed by atoms with E-state index in [0.717, 1.165) is 49.6 Å². The molecule has 0 unspecified atom stereocenters. The molecule has 2 aromatic rings. The van der Waals surface area contributed by atoms with E-state index in [0.29, 0.717) is 12.5 Å². The van der Waals surface area contributed by atoms with Gasteiger partial charge in [-0.1, -0.05) is 19.0 Å². The molecule has 0 saturated heterocycles. The number of rotatable bonds is 9. The molecule has 26 heavy (non-hydrogen) atoms. The molecule has 2 N–H and O–H groups in total. The van der Waals surface area contributed by atoms with Crippen LogP contribution in [-0.2, 0) is 20.0 Å². The third-order valence-corrected chi connectivity index (χ3v) is 4.33. The average molecular weight is 474 g/mol. The van der Waals surface area contributed by atoms with Gasteiger partial charge in [-0.15, -0.1) is 24.0 Å². The van der Waals surface area contributed by atoms with E-state index in [1.807, 2.05) is 24.0 Å². The molecule has 0 aliphatic carbocycles. The maximum Gasteiger partial charge on any atom is 0.191 e. The smallest absolute Gasteiger partial charge is 0.191 e. The van der Waals surface area contributed by atoms with Gasteiger partial charge in [-0.3, -0.25) is 9.67 Å². The molecule has 0 bridgehead atoms. The first-order chi connectivity index (χ1) is 12.2. The number of halogens is 1. The van der Waals surface area contributed by atoms with Gasteiger partial charge < -0.3 is 15.2 Å². The molecule has 0 aromatic carbocycles. The number of aromatic nitrogens is 3. The van der Waals surface area contributed by atoms with Crippen molar-refractivity contribution in [3.8, 4) is 0 Å². The summed E-state index contributed by atoms with van der Waals surface area (Å²) >= 11 is 0. The zero-order chi connectivity index (χ0) is 18.1. The van der Waals surface area contributed by atoms with Gasteiger partial charge in [-0.25, -0.2) is 0 Å². The van der Waals surface area contributed by atoms with Crippen LogP contribution in [-0.4, -0.2) is 34.5 Å². The molecule has 0 amide bonds. The van der Waals surface area contributed by atoms with E-state index in [1.165, 1.54) is 5.56 Å². The van der Waals surface area contributed by atoms with Gasteiger partial charge in [0, 0.05) is 38.8 Å². The number of nitrogens with one attached hydrogen (secondary N) is 2. The number of nitrogens with zero attached hydrogens (tertiary/aromatic N) is 4. The van der Waals surface area contributed by atoms with Crippen LogP contribution in [0.3, 0.4) is 0 Å². The molecule has 146 valence electrons. The summed E-state index contributed by atoms with van der Waals surface area (Å²) < 4.78 is 7.26. The Morgan fingerprint density at radius 1 is 1.31 bits per heavy atom. The van der Waals surface area contributed by atoms with Gasteiger partial charge in [-0.05, 0) is 31.2 Å². The number of aryl methyl sites for hydroxylation is 2. The van der Waals surface area contributed by atoms with Crippen molar-refractivity contribution in [3.05, 3.63) is 35.5 Å². The Balaban J connectivity index is 0.00000338. The largest absolute Gasteiger partial charge is 0.359 e. The standard InChI is InChI=1S/C18H30N6O.HI/c1-5-15(6-2)17-10-16(25-23-17)12-21-18(19-3)20-9-7-8-14-11-22-24(4)13-14;/h10-11,13,15H,5-9,12H2,1-4H3,(H2,19,20,21);1H. The van der Waals surface area contributed by atoms with Crippen LogP contribution in [0.2, 0.25) is 0 Å². The summed E-state index contributed by atoms with van der Waals surface area (Å²) in [5.41, 5.74) is 2.30. The van der Waals surface area contributed by atoms with Crippen molar-refractivity contribution in [1.82, 2.24) is 25.6 Å². The van der Waals surface area contributed by atoms with E-state index in [2.05, 4.69) is 45.9 Å². The number of aliphatic imine (C=N–C) groups is 1. The predicted octanol–water partition coefficient (Wildman–Crippen LogP) is 3.23. The van der Waals surface area contributed by atoms with E-state index in [1.54, 1.807) is 7.05 Å². The summed E-state index contributed by atoms with van der Waals surface area (Å²) in [6, 6.07) is 2.04. The van der Waals surface area contributed by atoms with Crippen LogP contribution >= 0.6 is 24.0 Å². The van der Waals surface area contributed by atoms with Crippen LogP contribution in [0.1, 0.15) is 56.0 Å². The topological polar surface area (TPSA) is 80.3 Å². The highest BCUT2D eigenvalue weighted by Crippen LogP contribution is 2.22. The van der Waals surface area contributed by atoms with E-state index < -0.39 is 0 Å². The van der Waals surface area contributed by atoms with Crippen LogP contribution in [0.15, 0.2) is 28.0 Å². The van der Waals surface area contributed by atoms with Crippen LogP contribution in [0.25, 0.3) is 0 Å². The van der Waals surface area contributed by atoms with Gasteiger partial charge in [0.05, 0.1) is 18.4 Å². The lowest BCUT2D eigenvalue weighted by molar-refractivity contribution is 0.368. The minimum atomic E-state index is 0. The molecule has 0 spiro atoms. The first kappa shape index (κ1) is 22.5. The van der Waals surface area contributed by atoms with Crippen molar-refractivity contribution in [3.63, 3.8) is 0 Å². The van der Waals surface area contributed by atoms with E-state index in [-0.39, 0.29) is 24.0 Å². The van der Waals surface area contributed by atoms with Gasteiger partial charge in [-0.2, -0.15) is 5.10 Å². The third kappa shape index (κ3) is 6.97. The molecule has 2 rings (SSSR count). The molecule has 7 nitrogen and oxygen atoms in total. The second kappa shape index (κ2) is 11.9. The Kier molecular flexibility index (Phi) is 10.3. The Hall–Kier alpha value is -1.58. The van der Waals surface area contributed by atoms with E-state index in [9.17, 15) is 0 Å². The molecular formula is C18H31IN6O. The lowest BCUT2D eigenvalue weighted by atomic mass is 9.99. The highest BCUT2D eigenvalue weighted by atomic mass is 127. The first-order valence-electron chi connectivity index (χ1n) is 9.03. The second-order valence-corrected chi connectivity index (χ2v) is 6.21. The highest BCUT2D eigenvalue weighted by molar-refractivity contribution is 14.0. The fraction of sp³-hybridized carbons (Fsp3) is 0.611. The highest BCUT2D eigenvalue weighted by Gasteiger charge is 2.13. The molecule has 0 radical (unpaired) electrons. The zero-order valence-corrected chi connectivity index (χ0v) is 18.5. The maximum absolute atomic E-state index is 5.43. The van der Waals surface area contributed by atoms with Crippen molar-refractivity contribution in [2.75, 3.05) is 13.6 Å². The third-order valence-electron chi connectivity index (χ3n) is 4.33. The van der Waals surface area contributed by atoms with E-state index >= 15 is 0 Å². The SMILES string of the molecule is CCC(CC)c1cc(CNC(=NC)NCCCc2cnn(C)c2)on1.I. The van der Waals surface area contributed by atoms with Gasteiger partial charge in [0.15, 0.2) is 11.7 Å². The summed E-state index contributed by atoms with van der Waals surface area (Å²) in [6.45, 7) is 5.79. The van der Waals surface area contributed by atoms with Crippen molar-refractivity contribution in [2.45, 2.75) is 52.0 Å². The molecule has 0 fully saturated rings. The van der Waals surface area contributed by atoms with E-state index in [4.69, 9.17) is 4.52 Å². The minimum Gasteiger partial charge on any atom is -0.359 e. The van der Waals surface area contributed by atoms with Crippen LogP contribution in [0.5, 0.6) is 0 Å². The Labute approximate surface area is 173 Å². The Morgan fingerprint density at radius 2 is 2.08 bits per heavy atom. The van der Waals surface area contributed by atoms with Gasteiger partial charge in [0.1, 0.15) is 0 Å². The normalized spacial score (nSPS) is 11.5. The lowest BCUT2D eigenvalue weighted by Crippen LogP contribution is -2.37.